The third-order valence-corrected chi connectivity index (χ3v) is 3.99. The Bertz CT molecular complexity index is 903. The summed E-state index contributed by atoms with van der Waals surface area (Å²) in [4.78, 5) is 12.7. The van der Waals surface area contributed by atoms with Crippen molar-refractivity contribution in [3.63, 3.8) is 0 Å². The summed E-state index contributed by atoms with van der Waals surface area (Å²) in [5, 5.41) is 7.73. The third-order valence-electron chi connectivity index (χ3n) is 3.75. The lowest BCUT2D eigenvalue weighted by Crippen LogP contribution is -2.15. The van der Waals surface area contributed by atoms with E-state index in [1.54, 1.807) is 16.8 Å². The van der Waals surface area contributed by atoms with Crippen molar-refractivity contribution in [2.24, 2.45) is 0 Å². The van der Waals surface area contributed by atoms with Gasteiger partial charge in [0.2, 0.25) is 0 Å². The largest absolute Gasteiger partial charge is 0.322 e. The molecule has 128 valence electrons. The lowest BCUT2D eigenvalue weighted by Gasteiger charge is -2.13. The SMILES string of the molecule is CC(C)c1c(C(=O)Nc2ccc(F)cc2)cnn1-c1cccc(Cl)c1. The summed E-state index contributed by atoms with van der Waals surface area (Å²) in [7, 11) is 0. The van der Waals surface area contributed by atoms with Crippen molar-refractivity contribution in [1.82, 2.24) is 9.78 Å². The Morgan fingerprint density at radius 3 is 2.56 bits per heavy atom. The first-order valence-corrected chi connectivity index (χ1v) is 8.24. The van der Waals surface area contributed by atoms with Crippen molar-refractivity contribution in [3.05, 3.63) is 76.8 Å². The molecule has 0 saturated carbocycles. The van der Waals surface area contributed by atoms with Crippen LogP contribution in [0.15, 0.2) is 54.7 Å². The van der Waals surface area contributed by atoms with Crippen molar-refractivity contribution < 1.29 is 9.18 Å². The van der Waals surface area contributed by atoms with Gasteiger partial charge in [-0.05, 0) is 48.4 Å². The van der Waals surface area contributed by atoms with E-state index >= 15 is 0 Å². The topological polar surface area (TPSA) is 46.9 Å². The van der Waals surface area contributed by atoms with Crippen molar-refractivity contribution >= 4 is 23.2 Å². The van der Waals surface area contributed by atoms with E-state index in [0.29, 0.717) is 16.3 Å². The number of hydrogen-bond acceptors (Lipinski definition) is 2. The maximum Gasteiger partial charge on any atom is 0.259 e. The van der Waals surface area contributed by atoms with E-state index in [1.165, 1.54) is 30.5 Å². The molecule has 1 aromatic heterocycles. The quantitative estimate of drug-likeness (QED) is 0.711. The van der Waals surface area contributed by atoms with Crippen LogP contribution in [0.5, 0.6) is 0 Å². The summed E-state index contributed by atoms with van der Waals surface area (Å²) >= 11 is 6.07. The van der Waals surface area contributed by atoms with E-state index in [1.807, 2.05) is 26.0 Å². The molecule has 1 N–H and O–H groups in total. The van der Waals surface area contributed by atoms with E-state index in [9.17, 15) is 9.18 Å². The first-order chi connectivity index (χ1) is 12.0. The maximum absolute atomic E-state index is 13.0. The number of aromatic nitrogens is 2. The van der Waals surface area contributed by atoms with Gasteiger partial charge >= 0.3 is 0 Å². The molecule has 0 atom stereocenters. The first kappa shape index (κ1) is 17.2. The highest BCUT2D eigenvalue weighted by Gasteiger charge is 2.21. The average Bonchev–Trinajstić information content (AvgIpc) is 3.02. The van der Waals surface area contributed by atoms with Gasteiger partial charge in [0.1, 0.15) is 5.82 Å². The summed E-state index contributed by atoms with van der Waals surface area (Å²) in [5.41, 5.74) is 2.56. The maximum atomic E-state index is 13.0. The van der Waals surface area contributed by atoms with Gasteiger partial charge in [-0.3, -0.25) is 4.79 Å². The van der Waals surface area contributed by atoms with E-state index in [0.717, 1.165) is 11.4 Å². The fourth-order valence-corrected chi connectivity index (χ4v) is 2.82. The molecule has 0 aliphatic carbocycles. The molecule has 6 heteroatoms. The second kappa shape index (κ2) is 7.07. The van der Waals surface area contributed by atoms with Crippen LogP contribution in [-0.4, -0.2) is 15.7 Å². The molecule has 4 nitrogen and oxygen atoms in total. The molecule has 0 unspecified atom stereocenters. The zero-order chi connectivity index (χ0) is 18.0. The smallest absolute Gasteiger partial charge is 0.259 e. The first-order valence-electron chi connectivity index (χ1n) is 7.86. The number of hydrogen-bond donors (Lipinski definition) is 1. The van der Waals surface area contributed by atoms with Gasteiger partial charge in [0, 0.05) is 10.7 Å². The van der Waals surface area contributed by atoms with Gasteiger partial charge in [0.15, 0.2) is 0 Å². The second-order valence-electron chi connectivity index (χ2n) is 5.95. The van der Waals surface area contributed by atoms with Crippen LogP contribution in [0.1, 0.15) is 35.8 Å². The van der Waals surface area contributed by atoms with E-state index in [-0.39, 0.29) is 17.6 Å². The molecule has 0 aliphatic rings. The van der Waals surface area contributed by atoms with Crippen LogP contribution in [-0.2, 0) is 0 Å². The van der Waals surface area contributed by atoms with E-state index < -0.39 is 0 Å². The van der Waals surface area contributed by atoms with Crippen LogP contribution < -0.4 is 5.32 Å². The summed E-state index contributed by atoms with van der Waals surface area (Å²) < 4.78 is 14.7. The minimum absolute atomic E-state index is 0.0652. The normalized spacial score (nSPS) is 10.9. The van der Waals surface area contributed by atoms with Gasteiger partial charge in [0.05, 0.1) is 23.1 Å². The standard InChI is InChI=1S/C19H17ClFN3O/c1-12(2)18-17(19(25)23-15-8-6-14(21)7-9-15)11-22-24(18)16-5-3-4-13(20)10-16/h3-12H,1-2H3,(H,23,25). The number of benzene rings is 2. The van der Waals surface area contributed by atoms with Crippen LogP contribution in [0.3, 0.4) is 0 Å². The highest BCUT2D eigenvalue weighted by molar-refractivity contribution is 6.30. The molecule has 3 aromatic rings. The van der Waals surface area contributed by atoms with Gasteiger partial charge in [-0.25, -0.2) is 9.07 Å². The molecule has 3 rings (SSSR count). The molecule has 0 spiro atoms. The lowest BCUT2D eigenvalue weighted by atomic mass is 10.0. The molecule has 0 radical (unpaired) electrons. The fraction of sp³-hybridized carbons (Fsp3) is 0.158. The number of amides is 1. The molecule has 0 aliphatic heterocycles. The monoisotopic (exact) mass is 357 g/mol. The molecule has 0 saturated heterocycles. The molecule has 2 aromatic carbocycles. The number of nitrogens with zero attached hydrogens (tertiary/aromatic N) is 2. The molecular weight excluding hydrogens is 341 g/mol. The third kappa shape index (κ3) is 3.72. The van der Waals surface area contributed by atoms with Crippen LogP contribution in [0, 0.1) is 5.82 Å². The van der Waals surface area contributed by atoms with Crippen molar-refractivity contribution in [1.29, 1.82) is 0 Å². The second-order valence-corrected chi connectivity index (χ2v) is 6.39. The Balaban J connectivity index is 1.96. The van der Waals surface area contributed by atoms with Gasteiger partial charge in [0.25, 0.3) is 5.91 Å². The summed E-state index contributed by atoms with van der Waals surface area (Å²) in [6.45, 7) is 3.99. The molecule has 1 heterocycles. The molecule has 1 amide bonds. The highest BCUT2D eigenvalue weighted by atomic mass is 35.5. The predicted octanol–water partition coefficient (Wildman–Crippen LogP) is 5.04. The zero-order valence-corrected chi connectivity index (χ0v) is 14.6. The number of rotatable bonds is 4. The molecule has 0 fully saturated rings. The predicted molar refractivity (Wildman–Crippen MR) is 97.0 cm³/mol. The zero-order valence-electron chi connectivity index (χ0n) is 13.8. The van der Waals surface area contributed by atoms with E-state index in [2.05, 4.69) is 10.4 Å². The fourth-order valence-electron chi connectivity index (χ4n) is 2.63. The van der Waals surface area contributed by atoms with Gasteiger partial charge < -0.3 is 5.32 Å². The highest BCUT2D eigenvalue weighted by Crippen LogP contribution is 2.25. The summed E-state index contributed by atoms with van der Waals surface area (Å²) in [6.07, 6.45) is 1.54. The van der Waals surface area contributed by atoms with E-state index in [4.69, 9.17) is 11.6 Å². The Morgan fingerprint density at radius 2 is 1.92 bits per heavy atom. The number of anilines is 1. The Morgan fingerprint density at radius 1 is 1.20 bits per heavy atom. The average molecular weight is 358 g/mol. The molecule has 25 heavy (non-hydrogen) atoms. The van der Waals surface area contributed by atoms with Crippen LogP contribution in [0.4, 0.5) is 10.1 Å². The number of carbonyl (C=O) groups excluding carboxylic acids is 1. The van der Waals surface area contributed by atoms with Crippen LogP contribution >= 0.6 is 11.6 Å². The number of nitrogens with one attached hydrogen (secondary N) is 1. The van der Waals surface area contributed by atoms with Crippen molar-refractivity contribution in [2.45, 2.75) is 19.8 Å². The minimum atomic E-state index is -0.352. The number of carbonyl (C=O) groups is 1. The minimum Gasteiger partial charge on any atom is -0.322 e. The molecule has 0 bridgehead atoms. The Hall–Kier alpha value is -2.66. The summed E-state index contributed by atoms with van der Waals surface area (Å²) in [6, 6.07) is 12.9. The lowest BCUT2D eigenvalue weighted by molar-refractivity contribution is 0.102. The van der Waals surface area contributed by atoms with Crippen LogP contribution in [0.25, 0.3) is 5.69 Å². The van der Waals surface area contributed by atoms with Crippen molar-refractivity contribution in [3.8, 4) is 5.69 Å². The van der Waals surface area contributed by atoms with Gasteiger partial charge in [-0.15, -0.1) is 0 Å². The molecular formula is C19H17ClFN3O. The number of halogens is 2. The Kier molecular flexibility index (Phi) is 4.86. The van der Waals surface area contributed by atoms with Crippen LogP contribution in [0.2, 0.25) is 5.02 Å². The summed E-state index contributed by atoms with van der Waals surface area (Å²) in [5.74, 6) is -0.575. The van der Waals surface area contributed by atoms with Gasteiger partial charge in [-0.2, -0.15) is 5.10 Å². The van der Waals surface area contributed by atoms with Crippen molar-refractivity contribution in [2.75, 3.05) is 5.32 Å². The Labute approximate surface area is 150 Å². The van der Waals surface area contributed by atoms with Gasteiger partial charge in [-0.1, -0.05) is 31.5 Å².